The van der Waals surface area contributed by atoms with Crippen molar-refractivity contribution in [1.29, 1.82) is 0 Å². The van der Waals surface area contributed by atoms with E-state index in [-0.39, 0.29) is 31.4 Å². The molecule has 1 aliphatic rings. The summed E-state index contributed by atoms with van der Waals surface area (Å²) < 4.78 is 4.99. The van der Waals surface area contributed by atoms with Crippen molar-refractivity contribution in [3.63, 3.8) is 0 Å². The van der Waals surface area contributed by atoms with Gasteiger partial charge in [0.15, 0.2) is 6.61 Å². The Kier molecular flexibility index (Phi) is 4.80. The predicted molar refractivity (Wildman–Crippen MR) is 81.3 cm³/mol. The molecule has 22 heavy (non-hydrogen) atoms. The van der Waals surface area contributed by atoms with Gasteiger partial charge < -0.3 is 14.5 Å². The minimum atomic E-state index is -0.524. The minimum Gasteiger partial charge on any atom is -0.455 e. The molecule has 0 aliphatic carbocycles. The third kappa shape index (κ3) is 3.63. The van der Waals surface area contributed by atoms with Crippen molar-refractivity contribution in [2.75, 3.05) is 32.1 Å². The van der Waals surface area contributed by atoms with E-state index in [9.17, 15) is 14.4 Å². The first-order valence-electron chi connectivity index (χ1n) is 7.12. The van der Waals surface area contributed by atoms with Crippen LogP contribution < -0.4 is 4.90 Å². The summed E-state index contributed by atoms with van der Waals surface area (Å²) in [6, 6.07) is 7.56. The Labute approximate surface area is 129 Å². The lowest BCUT2D eigenvalue weighted by Crippen LogP contribution is -2.30. The number of anilines is 1. The quantitative estimate of drug-likeness (QED) is 0.778. The van der Waals surface area contributed by atoms with Crippen LogP contribution in [0.15, 0.2) is 24.3 Å². The van der Waals surface area contributed by atoms with Gasteiger partial charge in [-0.3, -0.25) is 14.4 Å². The fourth-order valence-corrected chi connectivity index (χ4v) is 2.22. The Morgan fingerprint density at radius 3 is 2.50 bits per heavy atom. The van der Waals surface area contributed by atoms with Gasteiger partial charge >= 0.3 is 5.97 Å². The predicted octanol–water partition coefficient (Wildman–Crippen LogP) is 0.979. The molecular formula is C16H20N2O4. The highest BCUT2D eigenvalue weighted by molar-refractivity contribution is 5.99. The summed E-state index contributed by atoms with van der Waals surface area (Å²) in [5, 5.41) is 0. The molecule has 118 valence electrons. The molecule has 0 saturated carbocycles. The lowest BCUT2D eigenvalue weighted by molar-refractivity contribution is -0.154. The van der Waals surface area contributed by atoms with Crippen LogP contribution in [0.1, 0.15) is 12.0 Å². The smallest absolute Gasteiger partial charge is 0.311 e. The number of hydrogen-bond acceptors (Lipinski definition) is 4. The van der Waals surface area contributed by atoms with Crippen LogP contribution in [0.3, 0.4) is 0 Å². The van der Waals surface area contributed by atoms with Gasteiger partial charge in [-0.25, -0.2) is 0 Å². The van der Waals surface area contributed by atoms with Gasteiger partial charge in [0, 0.05) is 32.7 Å². The van der Waals surface area contributed by atoms with Crippen molar-refractivity contribution in [2.24, 2.45) is 5.92 Å². The van der Waals surface area contributed by atoms with Crippen LogP contribution >= 0.6 is 0 Å². The van der Waals surface area contributed by atoms with Crippen LogP contribution in [-0.2, 0) is 19.1 Å². The van der Waals surface area contributed by atoms with E-state index in [1.807, 2.05) is 31.2 Å². The Balaban J connectivity index is 1.95. The summed E-state index contributed by atoms with van der Waals surface area (Å²) in [6.45, 7) is 1.97. The third-order valence-corrected chi connectivity index (χ3v) is 3.64. The highest BCUT2D eigenvalue weighted by Gasteiger charge is 2.36. The summed E-state index contributed by atoms with van der Waals surface area (Å²) in [5.41, 5.74) is 1.88. The van der Waals surface area contributed by atoms with Crippen molar-refractivity contribution in [3.05, 3.63) is 29.8 Å². The van der Waals surface area contributed by atoms with Gasteiger partial charge in [0.05, 0.1) is 5.92 Å². The van der Waals surface area contributed by atoms with E-state index in [1.165, 1.54) is 4.90 Å². The first kappa shape index (κ1) is 16.0. The summed E-state index contributed by atoms with van der Waals surface area (Å²) in [7, 11) is 3.18. The summed E-state index contributed by atoms with van der Waals surface area (Å²) in [6.07, 6.45) is 0.114. The number of likely N-dealkylation sites (N-methyl/N-ethyl adjacent to an activating group) is 1. The van der Waals surface area contributed by atoms with Gasteiger partial charge in [0.2, 0.25) is 5.91 Å². The molecule has 0 unspecified atom stereocenters. The normalized spacial score (nSPS) is 17.5. The largest absolute Gasteiger partial charge is 0.455 e. The molecule has 1 saturated heterocycles. The second-order valence-corrected chi connectivity index (χ2v) is 5.64. The molecule has 0 radical (unpaired) electrons. The number of carbonyl (C=O) groups is 3. The van der Waals surface area contributed by atoms with E-state index in [0.29, 0.717) is 0 Å². The maximum absolute atomic E-state index is 12.1. The number of hydrogen-bond donors (Lipinski definition) is 0. The van der Waals surface area contributed by atoms with Gasteiger partial charge in [0.1, 0.15) is 0 Å². The molecule has 6 nitrogen and oxygen atoms in total. The Morgan fingerprint density at radius 1 is 1.27 bits per heavy atom. The topological polar surface area (TPSA) is 66.9 Å². The molecule has 0 aromatic heterocycles. The number of nitrogens with zero attached hydrogens (tertiary/aromatic N) is 2. The second-order valence-electron chi connectivity index (χ2n) is 5.64. The van der Waals surface area contributed by atoms with E-state index >= 15 is 0 Å². The minimum absolute atomic E-state index is 0.107. The number of rotatable bonds is 4. The summed E-state index contributed by atoms with van der Waals surface area (Å²) in [5.74, 6) is -1.42. The van der Waals surface area contributed by atoms with Gasteiger partial charge in [-0.05, 0) is 19.1 Å². The monoisotopic (exact) mass is 304 g/mol. The van der Waals surface area contributed by atoms with E-state index in [4.69, 9.17) is 4.74 Å². The van der Waals surface area contributed by atoms with Crippen LogP contribution in [0.25, 0.3) is 0 Å². The molecule has 1 aromatic carbocycles. The van der Waals surface area contributed by atoms with E-state index in [0.717, 1.165) is 11.3 Å². The van der Waals surface area contributed by atoms with Gasteiger partial charge in [-0.1, -0.05) is 17.7 Å². The molecule has 1 heterocycles. The highest BCUT2D eigenvalue weighted by atomic mass is 16.5. The number of benzene rings is 1. The zero-order valence-corrected chi connectivity index (χ0v) is 13.0. The zero-order valence-electron chi connectivity index (χ0n) is 13.0. The number of amides is 2. The fraction of sp³-hybridized carbons (Fsp3) is 0.438. The Hall–Kier alpha value is -2.37. The molecule has 0 spiro atoms. The number of carbonyl (C=O) groups excluding carboxylic acids is 3. The molecule has 1 atom stereocenters. The lowest BCUT2D eigenvalue weighted by Gasteiger charge is -2.17. The van der Waals surface area contributed by atoms with Gasteiger partial charge in [-0.15, -0.1) is 0 Å². The summed E-state index contributed by atoms with van der Waals surface area (Å²) >= 11 is 0. The van der Waals surface area contributed by atoms with E-state index < -0.39 is 11.9 Å². The highest BCUT2D eigenvalue weighted by Crippen LogP contribution is 2.26. The van der Waals surface area contributed by atoms with Gasteiger partial charge in [0.25, 0.3) is 5.91 Å². The maximum atomic E-state index is 12.1. The first-order chi connectivity index (χ1) is 10.4. The summed E-state index contributed by atoms with van der Waals surface area (Å²) in [4.78, 5) is 38.4. The molecule has 0 bridgehead atoms. The third-order valence-electron chi connectivity index (χ3n) is 3.64. The molecule has 2 amide bonds. The van der Waals surface area contributed by atoms with Crippen molar-refractivity contribution in [2.45, 2.75) is 13.3 Å². The molecule has 1 aromatic rings. The zero-order chi connectivity index (χ0) is 16.3. The molecule has 0 N–H and O–H groups in total. The average molecular weight is 304 g/mol. The Bertz CT molecular complexity index is 580. The average Bonchev–Trinajstić information content (AvgIpc) is 2.87. The standard InChI is InChI=1S/C16H20N2O4/c1-11-4-6-13(7-5-11)18-9-12(8-14(18)19)16(21)22-10-15(20)17(2)3/h4-7,12H,8-10H2,1-3H3/t12-/m0/s1. The molecule has 1 fully saturated rings. The second kappa shape index (κ2) is 6.60. The lowest BCUT2D eigenvalue weighted by atomic mass is 10.1. The number of aryl methyl sites for hydroxylation is 1. The van der Waals surface area contributed by atoms with Crippen LogP contribution in [0.2, 0.25) is 0 Å². The molecule has 2 rings (SSSR count). The maximum Gasteiger partial charge on any atom is 0.311 e. The van der Waals surface area contributed by atoms with E-state index in [1.54, 1.807) is 19.0 Å². The fourth-order valence-electron chi connectivity index (χ4n) is 2.22. The van der Waals surface area contributed by atoms with Crippen molar-refractivity contribution in [3.8, 4) is 0 Å². The van der Waals surface area contributed by atoms with Crippen molar-refractivity contribution >= 4 is 23.5 Å². The van der Waals surface area contributed by atoms with Crippen LogP contribution in [0.5, 0.6) is 0 Å². The van der Waals surface area contributed by atoms with Gasteiger partial charge in [-0.2, -0.15) is 0 Å². The Morgan fingerprint density at radius 2 is 1.91 bits per heavy atom. The molecule has 6 heteroatoms. The van der Waals surface area contributed by atoms with Crippen molar-refractivity contribution in [1.82, 2.24) is 4.90 Å². The number of esters is 1. The molecular weight excluding hydrogens is 284 g/mol. The number of ether oxygens (including phenoxy) is 1. The van der Waals surface area contributed by atoms with Crippen LogP contribution in [-0.4, -0.2) is 49.9 Å². The van der Waals surface area contributed by atoms with Crippen molar-refractivity contribution < 1.29 is 19.1 Å². The van der Waals surface area contributed by atoms with Crippen LogP contribution in [0, 0.1) is 12.8 Å². The van der Waals surface area contributed by atoms with Crippen LogP contribution in [0.4, 0.5) is 5.69 Å². The molecule has 1 aliphatic heterocycles. The SMILES string of the molecule is Cc1ccc(N2C[C@@H](C(=O)OCC(=O)N(C)C)CC2=O)cc1. The van der Waals surface area contributed by atoms with E-state index in [2.05, 4.69) is 0 Å². The first-order valence-corrected chi connectivity index (χ1v) is 7.12.